The van der Waals surface area contributed by atoms with E-state index < -0.39 is 0 Å². The summed E-state index contributed by atoms with van der Waals surface area (Å²) < 4.78 is 0. The molecule has 5 heteroatoms. The van der Waals surface area contributed by atoms with Gasteiger partial charge < -0.3 is 16.0 Å². The molecule has 3 N–H and O–H groups in total. The molecule has 0 spiro atoms. The number of urea groups is 1. The Balaban J connectivity index is 2.23. The van der Waals surface area contributed by atoms with E-state index in [0.717, 1.165) is 25.9 Å². The molecule has 1 atom stereocenters. The summed E-state index contributed by atoms with van der Waals surface area (Å²) in [5.74, 6) is 0.0663. The van der Waals surface area contributed by atoms with Crippen LogP contribution in [0.4, 0.5) is 4.79 Å². The van der Waals surface area contributed by atoms with Crippen molar-refractivity contribution in [1.29, 1.82) is 0 Å². The van der Waals surface area contributed by atoms with Crippen molar-refractivity contribution >= 4 is 23.2 Å². The van der Waals surface area contributed by atoms with E-state index in [1.54, 1.807) is 0 Å². The van der Waals surface area contributed by atoms with Gasteiger partial charge in [0.1, 0.15) is 0 Å². The van der Waals surface area contributed by atoms with Crippen molar-refractivity contribution in [2.45, 2.75) is 19.8 Å². The van der Waals surface area contributed by atoms with E-state index in [2.05, 4.69) is 5.32 Å². The Morgan fingerprint density at radius 3 is 2.64 bits per heavy atom. The normalized spacial score (nSPS) is 17.9. The van der Waals surface area contributed by atoms with Crippen molar-refractivity contribution in [3.05, 3.63) is 0 Å². The number of hydrogen-bond acceptors (Lipinski definition) is 2. The average Bonchev–Trinajstić information content (AvgIpc) is 2.66. The third-order valence-electron chi connectivity index (χ3n) is 2.44. The van der Waals surface area contributed by atoms with Crippen LogP contribution in [0.3, 0.4) is 0 Å². The van der Waals surface area contributed by atoms with Crippen LogP contribution in [-0.4, -0.2) is 35.6 Å². The largest absolute Gasteiger partial charge is 0.393 e. The molecule has 80 valence electrons. The fraction of sp³-hybridized carbons (Fsp3) is 0.778. The number of nitrogens with two attached hydrogens (primary N) is 1. The van der Waals surface area contributed by atoms with Gasteiger partial charge in [-0.25, -0.2) is 4.79 Å². The van der Waals surface area contributed by atoms with Gasteiger partial charge in [-0.2, -0.15) is 0 Å². The van der Waals surface area contributed by atoms with Crippen LogP contribution in [0, 0.1) is 5.92 Å². The Hall–Kier alpha value is -0.840. The van der Waals surface area contributed by atoms with Crippen LogP contribution in [0.25, 0.3) is 0 Å². The average molecular weight is 215 g/mol. The maximum atomic E-state index is 11.5. The zero-order chi connectivity index (χ0) is 10.6. The predicted octanol–water partition coefficient (Wildman–Crippen LogP) is 0.714. The highest BCUT2D eigenvalue weighted by Crippen LogP contribution is 2.07. The lowest BCUT2D eigenvalue weighted by Gasteiger charge is -2.18. The number of likely N-dealkylation sites (tertiary alicyclic amines) is 1. The van der Waals surface area contributed by atoms with Crippen molar-refractivity contribution in [2.24, 2.45) is 11.7 Å². The smallest absolute Gasteiger partial charge is 0.317 e. The molecule has 4 nitrogen and oxygen atoms in total. The second kappa shape index (κ2) is 5.14. The van der Waals surface area contributed by atoms with E-state index in [1.165, 1.54) is 0 Å². The van der Waals surface area contributed by atoms with Crippen molar-refractivity contribution < 1.29 is 4.79 Å². The highest BCUT2D eigenvalue weighted by molar-refractivity contribution is 7.80. The van der Waals surface area contributed by atoms with E-state index in [9.17, 15) is 4.79 Å². The van der Waals surface area contributed by atoms with Crippen molar-refractivity contribution in [3.8, 4) is 0 Å². The molecule has 0 saturated carbocycles. The predicted molar refractivity (Wildman–Crippen MR) is 60.2 cm³/mol. The number of rotatable bonds is 3. The highest BCUT2D eigenvalue weighted by atomic mass is 32.1. The number of nitrogens with zero attached hydrogens (tertiary/aromatic N) is 1. The van der Waals surface area contributed by atoms with E-state index in [0.29, 0.717) is 11.5 Å². The number of carbonyl (C=O) groups is 1. The summed E-state index contributed by atoms with van der Waals surface area (Å²) in [6, 6.07) is 0.00519. The SMILES string of the molecule is CC(CNC(=O)N1CCCC1)C(N)=S. The van der Waals surface area contributed by atoms with E-state index in [1.807, 2.05) is 11.8 Å². The molecule has 1 unspecified atom stereocenters. The minimum atomic E-state index is 0.00519. The number of carbonyl (C=O) groups excluding carboxylic acids is 1. The quantitative estimate of drug-likeness (QED) is 0.682. The summed E-state index contributed by atoms with van der Waals surface area (Å²) in [4.78, 5) is 13.8. The zero-order valence-corrected chi connectivity index (χ0v) is 9.27. The fourth-order valence-corrected chi connectivity index (χ4v) is 1.46. The number of amides is 2. The van der Waals surface area contributed by atoms with Crippen LogP contribution in [-0.2, 0) is 0 Å². The minimum absolute atomic E-state index is 0.00519. The van der Waals surface area contributed by atoms with Gasteiger partial charge >= 0.3 is 6.03 Å². The molecule has 0 radical (unpaired) electrons. The van der Waals surface area contributed by atoms with Crippen LogP contribution < -0.4 is 11.1 Å². The topological polar surface area (TPSA) is 58.4 Å². The molecule has 1 fully saturated rings. The lowest BCUT2D eigenvalue weighted by atomic mass is 10.2. The van der Waals surface area contributed by atoms with E-state index in [-0.39, 0.29) is 11.9 Å². The summed E-state index contributed by atoms with van der Waals surface area (Å²) in [5.41, 5.74) is 5.44. The molecule has 1 saturated heterocycles. The first-order chi connectivity index (χ1) is 6.61. The first kappa shape index (κ1) is 11.2. The third-order valence-corrected chi connectivity index (χ3v) is 2.84. The second-order valence-electron chi connectivity index (χ2n) is 3.68. The Labute approximate surface area is 89.8 Å². The molecule has 1 rings (SSSR count). The fourth-order valence-electron chi connectivity index (χ4n) is 1.37. The summed E-state index contributed by atoms with van der Waals surface area (Å²) >= 11 is 4.82. The van der Waals surface area contributed by atoms with E-state index >= 15 is 0 Å². The van der Waals surface area contributed by atoms with E-state index in [4.69, 9.17) is 18.0 Å². The molecule has 0 aliphatic carbocycles. The van der Waals surface area contributed by atoms with Gasteiger partial charge in [0.2, 0.25) is 0 Å². The number of nitrogens with one attached hydrogen (secondary N) is 1. The maximum absolute atomic E-state index is 11.5. The van der Waals surface area contributed by atoms with Gasteiger partial charge in [0, 0.05) is 25.6 Å². The minimum Gasteiger partial charge on any atom is -0.393 e. The summed E-state index contributed by atoms with van der Waals surface area (Å²) in [7, 11) is 0. The molecular formula is C9H17N3OS. The summed E-state index contributed by atoms with van der Waals surface area (Å²) in [5, 5.41) is 2.83. The van der Waals surface area contributed by atoms with Gasteiger partial charge in [-0.05, 0) is 12.8 Å². The first-order valence-corrected chi connectivity index (χ1v) is 5.34. The van der Waals surface area contributed by atoms with Gasteiger partial charge in [0.25, 0.3) is 0 Å². The molecular weight excluding hydrogens is 198 g/mol. The van der Waals surface area contributed by atoms with Crippen LogP contribution in [0.5, 0.6) is 0 Å². The summed E-state index contributed by atoms with van der Waals surface area (Å²) in [6.07, 6.45) is 2.22. The molecule has 0 aromatic heterocycles. The van der Waals surface area contributed by atoms with Crippen LogP contribution in [0.1, 0.15) is 19.8 Å². The Morgan fingerprint density at radius 1 is 1.57 bits per heavy atom. The van der Waals surface area contributed by atoms with Gasteiger partial charge in [0.05, 0.1) is 4.99 Å². The number of hydrogen-bond donors (Lipinski definition) is 2. The monoisotopic (exact) mass is 215 g/mol. The summed E-state index contributed by atoms with van der Waals surface area (Å²) in [6.45, 7) is 4.18. The maximum Gasteiger partial charge on any atom is 0.317 e. The molecule has 0 aromatic rings. The zero-order valence-electron chi connectivity index (χ0n) is 8.45. The van der Waals surface area contributed by atoms with Crippen molar-refractivity contribution in [2.75, 3.05) is 19.6 Å². The van der Waals surface area contributed by atoms with Crippen molar-refractivity contribution in [3.63, 3.8) is 0 Å². The molecule has 0 aromatic carbocycles. The number of thiocarbonyl (C=S) groups is 1. The first-order valence-electron chi connectivity index (χ1n) is 4.93. The lowest BCUT2D eigenvalue weighted by Crippen LogP contribution is -2.41. The lowest BCUT2D eigenvalue weighted by molar-refractivity contribution is 0.208. The van der Waals surface area contributed by atoms with Crippen molar-refractivity contribution in [1.82, 2.24) is 10.2 Å². The van der Waals surface area contributed by atoms with Gasteiger partial charge in [-0.3, -0.25) is 0 Å². The Morgan fingerprint density at radius 2 is 2.14 bits per heavy atom. The standard InChI is InChI=1S/C9H17N3OS/c1-7(8(10)14)6-11-9(13)12-4-2-3-5-12/h7H,2-6H2,1H3,(H2,10,14)(H,11,13). The molecule has 2 amide bonds. The second-order valence-corrected chi connectivity index (χ2v) is 4.16. The van der Waals surface area contributed by atoms with Gasteiger partial charge in [-0.1, -0.05) is 19.1 Å². The molecule has 1 aliphatic heterocycles. The van der Waals surface area contributed by atoms with Gasteiger partial charge in [0.15, 0.2) is 0 Å². The van der Waals surface area contributed by atoms with Gasteiger partial charge in [-0.15, -0.1) is 0 Å². The Bertz CT molecular complexity index is 226. The van der Waals surface area contributed by atoms with Crippen LogP contribution >= 0.6 is 12.2 Å². The van der Waals surface area contributed by atoms with Crippen LogP contribution in [0.2, 0.25) is 0 Å². The highest BCUT2D eigenvalue weighted by Gasteiger charge is 2.18. The van der Waals surface area contributed by atoms with Crippen LogP contribution in [0.15, 0.2) is 0 Å². The third kappa shape index (κ3) is 3.14. The Kier molecular flexibility index (Phi) is 4.13. The molecule has 1 aliphatic rings. The molecule has 14 heavy (non-hydrogen) atoms. The molecule has 0 bridgehead atoms. The molecule has 1 heterocycles.